The average Bonchev–Trinajstić information content (AvgIpc) is 2.81. The summed E-state index contributed by atoms with van der Waals surface area (Å²) in [6, 6.07) is 9.70. The molecule has 0 aliphatic heterocycles. The maximum absolute atomic E-state index is 11.6. The van der Waals surface area contributed by atoms with Gasteiger partial charge in [0.15, 0.2) is 0 Å². The average molecular weight is 232 g/mol. The largest absolute Gasteiger partial charge is 0.350 e. The van der Waals surface area contributed by atoms with Crippen molar-refractivity contribution in [1.29, 1.82) is 0 Å². The summed E-state index contributed by atoms with van der Waals surface area (Å²) in [5.41, 5.74) is 3.70. The lowest BCUT2D eigenvalue weighted by Gasteiger charge is -2.03. The van der Waals surface area contributed by atoms with E-state index in [2.05, 4.69) is 10.3 Å². The molecule has 0 saturated heterocycles. The van der Waals surface area contributed by atoms with Gasteiger partial charge in [-0.3, -0.25) is 4.79 Å². The van der Waals surface area contributed by atoms with Gasteiger partial charge in [-0.1, -0.05) is 30.3 Å². The van der Waals surface area contributed by atoms with Gasteiger partial charge in [0, 0.05) is 5.38 Å². The van der Waals surface area contributed by atoms with E-state index in [1.54, 1.807) is 5.51 Å². The molecule has 1 heterocycles. The quantitative estimate of drug-likeness (QED) is 0.876. The van der Waals surface area contributed by atoms with Crippen molar-refractivity contribution in [2.45, 2.75) is 13.0 Å². The van der Waals surface area contributed by atoms with E-state index in [1.807, 2.05) is 35.7 Å². The Morgan fingerprint density at radius 2 is 2.12 bits per heavy atom. The first kappa shape index (κ1) is 10.8. The molecular weight excluding hydrogens is 220 g/mol. The van der Waals surface area contributed by atoms with Crippen molar-refractivity contribution in [2.75, 3.05) is 0 Å². The Bertz CT molecular complexity index is 439. The van der Waals surface area contributed by atoms with Gasteiger partial charge in [0.25, 0.3) is 0 Å². The number of hydrogen-bond acceptors (Lipinski definition) is 3. The molecule has 0 saturated carbocycles. The summed E-state index contributed by atoms with van der Waals surface area (Å²) in [6.07, 6.45) is 0.422. The van der Waals surface area contributed by atoms with Crippen LogP contribution in [-0.4, -0.2) is 10.9 Å². The van der Waals surface area contributed by atoms with Gasteiger partial charge in [-0.2, -0.15) is 0 Å². The van der Waals surface area contributed by atoms with Crippen LogP contribution in [0.4, 0.5) is 0 Å². The van der Waals surface area contributed by atoms with Gasteiger partial charge < -0.3 is 5.32 Å². The molecule has 2 rings (SSSR count). The molecule has 0 bridgehead atoms. The number of carbonyl (C=O) groups is 1. The number of thiazole rings is 1. The smallest absolute Gasteiger partial charge is 0.224 e. The molecule has 16 heavy (non-hydrogen) atoms. The maximum atomic E-state index is 11.6. The molecule has 4 heteroatoms. The van der Waals surface area contributed by atoms with E-state index in [0.29, 0.717) is 13.0 Å². The van der Waals surface area contributed by atoms with E-state index in [9.17, 15) is 4.79 Å². The number of carbonyl (C=O) groups excluding carboxylic acids is 1. The predicted octanol–water partition coefficient (Wildman–Crippen LogP) is 2.00. The number of benzene rings is 1. The molecule has 1 amide bonds. The van der Waals surface area contributed by atoms with Crippen molar-refractivity contribution in [1.82, 2.24) is 10.3 Å². The third-order valence-electron chi connectivity index (χ3n) is 2.16. The molecule has 0 spiro atoms. The van der Waals surface area contributed by atoms with Crippen molar-refractivity contribution in [2.24, 2.45) is 0 Å². The number of rotatable bonds is 4. The van der Waals surface area contributed by atoms with E-state index >= 15 is 0 Å². The third-order valence-corrected chi connectivity index (χ3v) is 2.79. The van der Waals surface area contributed by atoms with Gasteiger partial charge in [-0.25, -0.2) is 4.98 Å². The van der Waals surface area contributed by atoms with Gasteiger partial charge in [0.05, 0.1) is 24.2 Å². The first-order chi connectivity index (χ1) is 7.84. The Hall–Kier alpha value is -1.68. The lowest BCUT2D eigenvalue weighted by molar-refractivity contribution is -0.120. The van der Waals surface area contributed by atoms with Crippen LogP contribution in [0.3, 0.4) is 0 Å². The number of aromatic nitrogens is 1. The van der Waals surface area contributed by atoms with Gasteiger partial charge in [-0.05, 0) is 5.56 Å². The monoisotopic (exact) mass is 232 g/mol. The molecule has 0 radical (unpaired) electrons. The van der Waals surface area contributed by atoms with Crippen LogP contribution >= 0.6 is 11.3 Å². The minimum absolute atomic E-state index is 0.0270. The summed E-state index contributed by atoms with van der Waals surface area (Å²) in [7, 11) is 0. The topological polar surface area (TPSA) is 42.0 Å². The SMILES string of the molecule is O=C(Cc1ccccc1)NCc1cscn1. The highest BCUT2D eigenvalue weighted by Crippen LogP contribution is 2.01. The number of amides is 1. The molecule has 82 valence electrons. The lowest BCUT2D eigenvalue weighted by Crippen LogP contribution is -2.24. The summed E-state index contributed by atoms with van der Waals surface area (Å²) < 4.78 is 0. The van der Waals surface area contributed by atoms with Crippen LogP contribution in [0.5, 0.6) is 0 Å². The van der Waals surface area contributed by atoms with Crippen LogP contribution in [0.15, 0.2) is 41.2 Å². The first-order valence-electron chi connectivity index (χ1n) is 5.02. The van der Waals surface area contributed by atoms with Crippen LogP contribution in [0.25, 0.3) is 0 Å². The number of nitrogens with zero attached hydrogens (tertiary/aromatic N) is 1. The molecule has 0 fully saturated rings. The van der Waals surface area contributed by atoms with Crippen molar-refractivity contribution in [3.05, 3.63) is 52.5 Å². The zero-order valence-corrected chi connectivity index (χ0v) is 9.54. The van der Waals surface area contributed by atoms with Crippen LogP contribution in [0.1, 0.15) is 11.3 Å². The minimum Gasteiger partial charge on any atom is -0.350 e. The number of hydrogen-bond donors (Lipinski definition) is 1. The summed E-state index contributed by atoms with van der Waals surface area (Å²) in [5, 5.41) is 4.77. The zero-order chi connectivity index (χ0) is 11.2. The molecule has 0 atom stereocenters. The molecule has 0 aliphatic carbocycles. The second-order valence-electron chi connectivity index (χ2n) is 3.42. The van der Waals surface area contributed by atoms with Crippen molar-refractivity contribution >= 4 is 17.2 Å². The van der Waals surface area contributed by atoms with Gasteiger partial charge in [0.1, 0.15) is 0 Å². The predicted molar refractivity (Wildman–Crippen MR) is 64.1 cm³/mol. The van der Waals surface area contributed by atoms with E-state index in [1.165, 1.54) is 11.3 Å². The summed E-state index contributed by atoms with van der Waals surface area (Å²) in [4.78, 5) is 15.7. The minimum atomic E-state index is 0.0270. The second kappa shape index (κ2) is 5.42. The molecule has 1 aromatic carbocycles. The molecule has 2 aromatic rings. The summed E-state index contributed by atoms with van der Waals surface area (Å²) in [6.45, 7) is 0.509. The molecule has 1 N–H and O–H groups in total. The van der Waals surface area contributed by atoms with E-state index < -0.39 is 0 Å². The fourth-order valence-electron chi connectivity index (χ4n) is 1.36. The standard InChI is InChI=1S/C12H12N2OS/c15-12(6-10-4-2-1-3-5-10)13-7-11-8-16-9-14-11/h1-5,8-9H,6-7H2,(H,13,15). The molecule has 1 aromatic heterocycles. The first-order valence-corrected chi connectivity index (χ1v) is 5.96. The van der Waals surface area contributed by atoms with E-state index in [0.717, 1.165) is 11.3 Å². The summed E-state index contributed by atoms with van der Waals surface area (Å²) in [5.74, 6) is 0.0270. The van der Waals surface area contributed by atoms with Crippen molar-refractivity contribution in [3.63, 3.8) is 0 Å². The number of nitrogens with one attached hydrogen (secondary N) is 1. The van der Waals surface area contributed by atoms with E-state index in [-0.39, 0.29) is 5.91 Å². The molecule has 0 unspecified atom stereocenters. The van der Waals surface area contributed by atoms with Crippen LogP contribution in [-0.2, 0) is 17.8 Å². The Labute approximate surface area is 98.2 Å². The zero-order valence-electron chi connectivity index (χ0n) is 8.72. The highest BCUT2D eigenvalue weighted by atomic mass is 32.1. The molecule has 0 aliphatic rings. The lowest BCUT2D eigenvalue weighted by atomic mass is 10.1. The Kier molecular flexibility index (Phi) is 3.66. The second-order valence-corrected chi connectivity index (χ2v) is 4.14. The molecular formula is C12H12N2OS. The summed E-state index contributed by atoms with van der Waals surface area (Å²) >= 11 is 1.53. The maximum Gasteiger partial charge on any atom is 0.224 e. The van der Waals surface area contributed by atoms with Crippen LogP contribution in [0, 0.1) is 0 Å². The van der Waals surface area contributed by atoms with Crippen molar-refractivity contribution < 1.29 is 4.79 Å². The highest BCUT2D eigenvalue weighted by Gasteiger charge is 2.03. The fourth-order valence-corrected chi connectivity index (χ4v) is 1.92. The Morgan fingerprint density at radius 3 is 2.81 bits per heavy atom. The third kappa shape index (κ3) is 3.17. The van der Waals surface area contributed by atoms with Crippen LogP contribution < -0.4 is 5.32 Å². The highest BCUT2D eigenvalue weighted by molar-refractivity contribution is 7.07. The molecule has 3 nitrogen and oxygen atoms in total. The Morgan fingerprint density at radius 1 is 1.31 bits per heavy atom. The fraction of sp³-hybridized carbons (Fsp3) is 0.167. The normalized spacial score (nSPS) is 10.0. The van der Waals surface area contributed by atoms with Gasteiger partial charge in [0.2, 0.25) is 5.91 Å². The van der Waals surface area contributed by atoms with Crippen LogP contribution in [0.2, 0.25) is 0 Å². The Balaban J connectivity index is 1.81. The van der Waals surface area contributed by atoms with Gasteiger partial charge in [-0.15, -0.1) is 11.3 Å². The van der Waals surface area contributed by atoms with E-state index in [4.69, 9.17) is 0 Å². The van der Waals surface area contributed by atoms with Gasteiger partial charge >= 0.3 is 0 Å². The van der Waals surface area contributed by atoms with Crippen molar-refractivity contribution in [3.8, 4) is 0 Å².